The summed E-state index contributed by atoms with van der Waals surface area (Å²) >= 11 is 0. The van der Waals surface area contributed by atoms with Crippen LogP contribution in [0, 0.1) is 0 Å². The molecule has 1 aromatic rings. The topological polar surface area (TPSA) is 53.1 Å². The van der Waals surface area contributed by atoms with Gasteiger partial charge in [0.25, 0.3) is 0 Å². The molecule has 0 spiro atoms. The van der Waals surface area contributed by atoms with Gasteiger partial charge in [0.1, 0.15) is 11.8 Å². The highest BCUT2D eigenvalue weighted by atomic mass is 16.5. The predicted octanol–water partition coefficient (Wildman–Crippen LogP) is 0.830. The standard InChI is InChI=1S/C18H25N3O3/c1-19-9-10-20-11-12-21(14-16(20)18(19)23)17(22)8-5-13-24-15-6-3-2-4-7-15/h2-4,6-7,16H,5,8-14H2,1H3/t16-/m0/s1. The molecule has 3 rings (SSSR count). The van der Waals surface area contributed by atoms with Crippen LogP contribution in [-0.2, 0) is 9.59 Å². The van der Waals surface area contributed by atoms with Crippen LogP contribution in [0.2, 0.25) is 0 Å². The van der Waals surface area contributed by atoms with Crippen LogP contribution in [0.3, 0.4) is 0 Å². The number of carbonyl (C=O) groups is 2. The van der Waals surface area contributed by atoms with Crippen molar-refractivity contribution < 1.29 is 14.3 Å². The fraction of sp³-hybridized carbons (Fsp3) is 0.556. The Balaban J connectivity index is 1.43. The minimum atomic E-state index is -0.165. The molecule has 0 bridgehead atoms. The van der Waals surface area contributed by atoms with Crippen molar-refractivity contribution in [2.24, 2.45) is 0 Å². The Morgan fingerprint density at radius 1 is 1.17 bits per heavy atom. The number of nitrogens with zero attached hydrogens (tertiary/aromatic N) is 3. The first kappa shape index (κ1) is 16.8. The molecule has 0 unspecified atom stereocenters. The third-order valence-electron chi connectivity index (χ3n) is 4.77. The maximum atomic E-state index is 12.4. The zero-order valence-electron chi connectivity index (χ0n) is 14.2. The second-order valence-electron chi connectivity index (χ2n) is 6.42. The van der Waals surface area contributed by atoms with Gasteiger partial charge in [-0.15, -0.1) is 0 Å². The third-order valence-corrected chi connectivity index (χ3v) is 4.77. The highest BCUT2D eigenvalue weighted by Gasteiger charge is 2.38. The second kappa shape index (κ2) is 7.66. The minimum Gasteiger partial charge on any atom is -0.494 e. The van der Waals surface area contributed by atoms with Gasteiger partial charge in [0.15, 0.2) is 0 Å². The van der Waals surface area contributed by atoms with E-state index in [1.54, 1.807) is 4.90 Å². The molecule has 2 saturated heterocycles. The predicted molar refractivity (Wildman–Crippen MR) is 90.7 cm³/mol. The third kappa shape index (κ3) is 3.87. The van der Waals surface area contributed by atoms with Gasteiger partial charge in [0, 0.05) is 46.2 Å². The number of fused-ring (bicyclic) bond motifs is 1. The quantitative estimate of drug-likeness (QED) is 0.750. The lowest BCUT2D eigenvalue weighted by molar-refractivity contribution is -0.147. The summed E-state index contributed by atoms with van der Waals surface area (Å²) in [5.41, 5.74) is 0. The zero-order chi connectivity index (χ0) is 16.9. The number of hydrogen-bond donors (Lipinski definition) is 0. The molecule has 0 aliphatic carbocycles. The van der Waals surface area contributed by atoms with Crippen LogP contribution in [0.1, 0.15) is 12.8 Å². The zero-order valence-corrected chi connectivity index (χ0v) is 14.2. The lowest BCUT2D eigenvalue weighted by Gasteiger charge is -2.45. The number of para-hydroxylation sites is 1. The number of hydrogen-bond acceptors (Lipinski definition) is 4. The normalized spacial score (nSPS) is 21.5. The van der Waals surface area contributed by atoms with Crippen molar-refractivity contribution in [1.82, 2.24) is 14.7 Å². The van der Waals surface area contributed by atoms with E-state index in [-0.39, 0.29) is 17.9 Å². The summed E-state index contributed by atoms with van der Waals surface area (Å²) in [5.74, 6) is 1.08. The summed E-state index contributed by atoms with van der Waals surface area (Å²) in [6.07, 6.45) is 1.15. The summed E-state index contributed by atoms with van der Waals surface area (Å²) in [6.45, 7) is 4.23. The van der Waals surface area contributed by atoms with Crippen LogP contribution in [0.25, 0.3) is 0 Å². The van der Waals surface area contributed by atoms with Crippen molar-refractivity contribution in [3.05, 3.63) is 30.3 Å². The van der Waals surface area contributed by atoms with Gasteiger partial charge in [-0.05, 0) is 18.6 Å². The molecule has 1 atom stereocenters. The highest BCUT2D eigenvalue weighted by molar-refractivity contribution is 5.84. The Hall–Kier alpha value is -2.08. The first-order chi connectivity index (χ1) is 11.6. The van der Waals surface area contributed by atoms with E-state index in [9.17, 15) is 9.59 Å². The second-order valence-corrected chi connectivity index (χ2v) is 6.42. The summed E-state index contributed by atoms with van der Waals surface area (Å²) in [4.78, 5) is 30.5. The first-order valence-corrected chi connectivity index (χ1v) is 8.60. The fourth-order valence-electron chi connectivity index (χ4n) is 3.28. The van der Waals surface area contributed by atoms with Gasteiger partial charge in [0.05, 0.1) is 6.61 Å². The van der Waals surface area contributed by atoms with Crippen LogP contribution in [-0.4, -0.2) is 78.9 Å². The Kier molecular flexibility index (Phi) is 5.35. The molecule has 2 aliphatic heterocycles. The molecule has 2 aliphatic rings. The molecule has 130 valence electrons. The maximum absolute atomic E-state index is 12.4. The number of carbonyl (C=O) groups excluding carboxylic acids is 2. The van der Waals surface area contributed by atoms with E-state index >= 15 is 0 Å². The van der Waals surface area contributed by atoms with Crippen LogP contribution in [0.15, 0.2) is 30.3 Å². The van der Waals surface area contributed by atoms with E-state index in [4.69, 9.17) is 4.74 Å². The number of ether oxygens (including phenoxy) is 1. The largest absolute Gasteiger partial charge is 0.494 e. The molecular formula is C18H25N3O3. The van der Waals surface area contributed by atoms with Gasteiger partial charge in [-0.1, -0.05) is 18.2 Å². The van der Waals surface area contributed by atoms with Crippen molar-refractivity contribution in [3.63, 3.8) is 0 Å². The Morgan fingerprint density at radius 2 is 1.92 bits per heavy atom. The Morgan fingerprint density at radius 3 is 2.71 bits per heavy atom. The summed E-state index contributed by atoms with van der Waals surface area (Å²) < 4.78 is 5.62. The van der Waals surface area contributed by atoms with Gasteiger partial charge in [-0.3, -0.25) is 14.5 Å². The molecule has 2 amide bonds. The van der Waals surface area contributed by atoms with Crippen molar-refractivity contribution >= 4 is 11.8 Å². The lowest BCUT2D eigenvalue weighted by Crippen LogP contribution is -2.64. The van der Waals surface area contributed by atoms with Crippen molar-refractivity contribution in [1.29, 1.82) is 0 Å². The number of piperazine rings is 2. The van der Waals surface area contributed by atoms with Crippen molar-refractivity contribution in [2.75, 3.05) is 46.4 Å². The van der Waals surface area contributed by atoms with Crippen molar-refractivity contribution in [2.45, 2.75) is 18.9 Å². The molecule has 6 heteroatoms. The van der Waals surface area contributed by atoms with Gasteiger partial charge in [-0.25, -0.2) is 0 Å². The number of rotatable bonds is 5. The first-order valence-electron chi connectivity index (χ1n) is 8.60. The molecule has 1 aromatic carbocycles. The van der Waals surface area contributed by atoms with E-state index in [1.807, 2.05) is 42.3 Å². The molecular weight excluding hydrogens is 306 g/mol. The Labute approximate surface area is 143 Å². The summed E-state index contributed by atoms with van der Waals surface area (Å²) in [6, 6.07) is 9.46. The van der Waals surface area contributed by atoms with E-state index in [0.717, 1.165) is 25.4 Å². The molecule has 6 nitrogen and oxygen atoms in total. The minimum absolute atomic E-state index is 0.118. The van der Waals surface area contributed by atoms with Crippen LogP contribution >= 0.6 is 0 Å². The number of amides is 2. The van der Waals surface area contributed by atoms with Gasteiger partial charge >= 0.3 is 0 Å². The SMILES string of the molecule is CN1CCN2CCN(C(=O)CCCOc3ccccc3)C[C@H]2C1=O. The van der Waals surface area contributed by atoms with Gasteiger partial charge in [0.2, 0.25) is 11.8 Å². The maximum Gasteiger partial charge on any atom is 0.241 e. The van der Waals surface area contributed by atoms with E-state index in [2.05, 4.69) is 4.90 Å². The van der Waals surface area contributed by atoms with Crippen LogP contribution < -0.4 is 4.74 Å². The number of likely N-dealkylation sites (N-methyl/N-ethyl adjacent to an activating group) is 1. The monoisotopic (exact) mass is 331 g/mol. The average molecular weight is 331 g/mol. The molecule has 0 aromatic heterocycles. The molecule has 24 heavy (non-hydrogen) atoms. The van der Waals surface area contributed by atoms with E-state index in [0.29, 0.717) is 32.5 Å². The molecule has 2 heterocycles. The van der Waals surface area contributed by atoms with Gasteiger partial charge < -0.3 is 14.5 Å². The average Bonchev–Trinajstić information content (AvgIpc) is 2.62. The van der Waals surface area contributed by atoms with Crippen LogP contribution in [0.4, 0.5) is 0 Å². The fourth-order valence-corrected chi connectivity index (χ4v) is 3.28. The molecule has 2 fully saturated rings. The Bertz CT molecular complexity index is 578. The van der Waals surface area contributed by atoms with E-state index < -0.39 is 0 Å². The van der Waals surface area contributed by atoms with Gasteiger partial charge in [-0.2, -0.15) is 0 Å². The smallest absolute Gasteiger partial charge is 0.241 e. The van der Waals surface area contributed by atoms with Crippen molar-refractivity contribution in [3.8, 4) is 5.75 Å². The summed E-state index contributed by atoms with van der Waals surface area (Å²) in [7, 11) is 1.83. The molecule has 0 saturated carbocycles. The highest BCUT2D eigenvalue weighted by Crippen LogP contribution is 2.17. The molecule has 0 radical (unpaired) electrons. The molecule has 0 N–H and O–H groups in total. The van der Waals surface area contributed by atoms with E-state index in [1.165, 1.54) is 0 Å². The lowest BCUT2D eigenvalue weighted by atomic mass is 10.1. The van der Waals surface area contributed by atoms with Crippen LogP contribution in [0.5, 0.6) is 5.75 Å². The summed E-state index contributed by atoms with van der Waals surface area (Å²) in [5, 5.41) is 0. The number of benzene rings is 1.